The predicted molar refractivity (Wildman–Crippen MR) is 88.6 cm³/mol. The number of nitrogen functional groups attached to an aromatic ring is 1. The van der Waals surface area contributed by atoms with Gasteiger partial charge in [0.2, 0.25) is 10.0 Å². The van der Waals surface area contributed by atoms with Crippen molar-refractivity contribution in [3.63, 3.8) is 0 Å². The fourth-order valence-corrected chi connectivity index (χ4v) is 6.45. The number of thioether (sulfide) groups is 1. The molecule has 112 valence electrons. The highest BCUT2D eigenvalue weighted by atomic mass is 79.9. The molecule has 0 amide bonds. The van der Waals surface area contributed by atoms with Crippen molar-refractivity contribution >= 4 is 43.4 Å². The van der Waals surface area contributed by atoms with Crippen molar-refractivity contribution < 1.29 is 8.42 Å². The van der Waals surface area contributed by atoms with E-state index >= 15 is 0 Å². The summed E-state index contributed by atoms with van der Waals surface area (Å²) < 4.78 is 28.0. The topological polar surface area (TPSA) is 63.4 Å². The van der Waals surface area contributed by atoms with Crippen molar-refractivity contribution in [1.82, 2.24) is 4.31 Å². The minimum absolute atomic E-state index is 0.302. The molecule has 4 nitrogen and oxygen atoms in total. The molecule has 0 saturated carbocycles. The minimum atomic E-state index is -3.49. The average molecular weight is 379 g/mol. The van der Waals surface area contributed by atoms with E-state index in [2.05, 4.69) is 29.8 Å². The predicted octanol–water partition coefficient (Wildman–Crippen LogP) is 2.85. The SMILES string of the molecule is Cc1c(N)cc(Br)cc1S(=O)(=O)N1CC(C)SC(C)C1. The molecule has 2 atom stereocenters. The first-order chi connectivity index (χ1) is 9.21. The summed E-state index contributed by atoms with van der Waals surface area (Å²) in [6.07, 6.45) is 0. The number of hydrogen-bond donors (Lipinski definition) is 1. The summed E-state index contributed by atoms with van der Waals surface area (Å²) in [4.78, 5) is 0.302. The molecule has 1 aliphatic heterocycles. The minimum Gasteiger partial charge on any atom is -0.398 e. The van der Waals surface area contributed by atoms with Crippen LogP contribution in [0.1, 0.15) is 19.4 Å². The van der Waals surface area contributed by atoms with Gasteiger partial charge >= 0.3 is 0 Å². The number of rotatable bonds is 2. The van der Waals surface area contributed by atoms with Crippen LogP contribution in [0, 0.1) is 6.92 Å². The van der Waals surface area contributed by atoms with Crippen LogP contribution in [0.25, 0.3) is 0 Å². The first-order valence-electron chi connectivity index (χ1n) is 6.43. The van der Waals surface area contributed by atoms with E-state index in [4.69, 9.17) is 5.73 Å². The summed E-state index contributed by atoms with van der Waals surface area (Å²) >= 11 is 5.15. The maximum atomic E-state index is 12.8. The van der Waals surface area contributed by atoms with Gasteiger partial charge in [-0.2, -0.15) is 16.1 Å². The summed E-state index contributed by atoms with van der Waals surface area (Å²) in [6, 6.07) is 3.36. The van der Waals surface area contributed by atoms with Crippen LogP contribution in [0.3, 0.4) is 0 Å². The van der Waals surface area contributed by atoms with Gasteiger partial charge < -0.3 is 5.73 Å². The molecule has 20 heavy (non-hydrogen) atoms. The second kappa shape index (κ2) is 5.87. The Hall–Kier alpha value is -0.240. The van der Waals surface area contributed by atoms with Crippen molar-refractivity contribution in [1.29, 1.82) is 0 Å². The van der Waals surface area contributed by atoms with Crippen molar-refractivity contribution in [2.45, 2.75) is 36.2 Å². The number of halogens is 1. The molecular formula is C13H19BrN2O2S2. The second-order valence-electron chi connectivity index (χ2n) is 5.20. The molecule has 1 aromatic rings. The van der Waals surface area contributed by atoms with E-state index in [-0.39, 0.29) is 0 Å². The summed E-state index contributed by atoms with van der Waals surface area (Å²) in [5.74, 6) is 0. The summed E-state index contributed by atoms with van der Waals surface area (Å²) in [5.41, 5.74) is 6.99. The Labute approximate surface area is 133 Å². The molecule has 7 heteroatoms. The second-order valence-corrected chi connectivity index (χ2v) is 9.90. The third kappa shape index (κ3) is 3.16. The molecule has 2 N–H and O–H groups in total. The highest BCUT2D eigenvalue weighted by Crippen LogP contribution is 2.32. The van der Waals surface area contributed by atoms with E-state index in [0.717, 1.165) is 0 Å². The van der Waals surface area contributed by atoms with E-state index in [1.165, 1.54) is 0 Å². The average Bonchev–Trinajstić information content (AvgIpc) is 2.32. The monoisotopic (exact) mass is 378 g/mol. The number of nitrogens with two attached hydrogens (primary N) is 1. The van der Waals surface area contributed by atoms with Crippen LogP contribution in [0.4, 0.5) is 5.69 Å². The molecule has 0 aliphatic carbocycles. The maximum Gasteiger partial charge on any atom is 0.243 e. The summed E-state index contributed by atoms with van der Waals surface area (Å²) in [7, 11) is -3.49. The largest absolute Gasteiger partial charge is 0.398 e. The molecule has 1 aromatic carbocycles. The van der Waals surface area contributed by atoms with Crippen molar-refractivity contribution in [3.05, 3.63) is 22.2 Å². The molecule has 0 aromatic heterocycles. The summed E-state index contributed by atoms with van der Waals surface area (Å²) in [6.45, 7) is 6.96. The lowest BCUT2D eigenvalue weighted by Crippen LogP contribution is -2.44. The lowest BCUT2D eigenvalue weighted by molar-refractivity contribution is 0.404. The van der Waals surface area contributed by atoms with Crippen LogP contribution < -0.4 is 5.73 Å². The quantitative estimate of drug-likeness (QED) is 0.803. The first kappa shape index (κ1) is 16.1. The zero-order valence-corrected chi connectivity index (χ0v) is 15.0. The highest BCUT2D eigenvalue weighted by molar-refractivity contribution is 9.10. The van der Waals surface area contributed by atoms with Gasteiger partial charge in [0.1, 0.15) is 0 Å². The number of nitrogens with zero attached hydrogens (tertiary/aromatic N) is 1. The van der Waals surface area contributed by atoms with E-state index in [0.29, 0.717) is 44.2 Å². The standard InChI is InChI=1S/C13H19BrN2O2S2/c1-8-6-16(7-9(2)19-8)20(17,18)13-5-11(14)4-12(15)10(13)3/h4-5,8-9H,6-7,15H2,1-3H3. The fraction of sp³-hybridized carbons (Fsp3) is 0.538. The van der Waals surface area contributed by atoms with Gasteiger partial charge in [0.15, 0.2) is 0 Å². The van der Waals surface area contributed by atoms with Gasteiger partial charge in [-0.1, -0.05) is 29.8 Å². The van der Waals surface area contributed by atoms with Gasteiger partial charge in [0.05, 0.1) is 4.90 Å². The smallest absolute Gasteiger partial charge is 0.243 e. The van der Waals surface area contributed by atoms with Crippen molar-refractivity contribution in [3.8, 4) is 0 Å². The van der Waals surface area contributed by atoms with Crippen LogP contribution in [-0.4, -0.2) is 36.3 Å². The molecule has 1 fully saturated rings. The lowest BCUT2D eigenvalue weighted by Gasteiger charge is -2.34. The van der Waals surface area contributed by atoms with Gasteiger partial charge in [-0.05, 0) is 24.6 Å². The van der Waals surface area contributed by atoms with Gasteiger partial charge in [-0.15, -0.1) is 0 Å². The van der Waals surface area contributed by atoms with Crippen LogP contribution in [0.2, 0.25) is 0 Å². The van der Waals surface area contributed by atoms with Gasteiger partial charge in [0.25, 0.3) is 0 Å². The number of sulfonamides is 1. The molecule has 1 aliphatic rings. The highest BCUT2D eigenvalue weighted by Gasteiger charge is 2.33. The molecular weight excluding hydrogens is 360 g/mol. The maximum absolute atomic E-state index is 12.8. The first-order valence-corrected chi connectivity index (χ1v) is 9.60. The van der Waals surface area contributed by atoms with E-state index in [1.807, 2.05) is 11.8 Å². The zero-order chi connectivity index (χ0) is 15.1. The number of benzene rings is 1. The third-order valence-corrected chi connectivity index (χ3v) is 7.01. The molecule has 0 bridgehead atoms. The van der Waals surface area contributed by atoms with E-state index < -0.39 is 10.0 Å². The molecule has 2 rings (SSSR count). The zero-order valence-electron chi connectivity index (χ0n) is 11.8. The van der Waals surface area contributed by atoms with Crippen LogP contribution in [0.5, 0.6) is 0 Å². The van der Waals surface area contributed by atoms with Crippen LogP contribution >= 0.6 is 27.7 Å². The van der Waals surface area contributed by atoms with Gasteiger partial charge in [0, 0.05) is 33.7 Å². The van der Waals surface area contributed by atoms with Gasteiger partial charge in [-0.3, -0.25) is 0 Å². The van der Waals surface area contributed by atoms with Gasteiger partial charge in [-0.25, -0.2) is 8.42 Å². The molecule has 1 saturated heterocycles. The molecule has 0 radical (unpaired) electrons. The van der Waals surface area contributed by atoms with Crippen molar-refractivity contribution in [2.24, 2.45) is 0 Å². The normalized spacial score (nSPS) is 24.8. The Bertz CT molecular complexity index is 609. The number of anilines is 1. The van der Waals surface area contributed by atoms with Crippen molar-refractivity contribution in [2.75, 3.05) is 18.8 Å². The molecule has 0 spiro atoms. The Morgan fingerprint density at radius 3 is 2.40 bits per heavy atom. The Morgan fingerprint density at radius 1 is 1.30 bits per heavy atom. The molecule has 1 heterocycles. The van der Waals surface area contributed by atoms with Crippen LogP contribution in [-0.2, 0) is 10.0 Å². The summed E-state index contributed by atoms with van der Waals surface area (Å²) in [5, 5.41) is 0.608. The van der Waals surface area contributed by atoms with E-state index in [9.17, 15) is 8.42 Å². The molecule has 2 unspecified atom stereocenters. The Kier molecular flexibility index (Phi) is 4.73. The third-order valence-electron chi connectivity index (χ3n) is 3.37. The van der Waals surface area contributed by atoms with Crippen LogP contribution in [0.15, 0.2) is 21.5 Å². The fourth-order valence-electron chi connectivity index (χ4n) is 2.41. The Balaban J connectivity index is 2.45. The number of hydrogen-bond acceptors (Lipinski definition) is 4. The Morgan fingerprint density at radius 2 is 1.85 bits per heavy atom. The lowest BCUT2D eigenvalue weighted by atomic mass is 10.2. The van der Waals surface area contributed by atoms with E-state index in [1.54, 1.807) is 23.4 Å².